The van der Waals surface area contributed by atoms with E-state index < -0.39 is 11.2 Å². The fourth-order valence-corrected chi connectivity index (χ4v) is 2.90. The summed E-state index contributed by atoms with van der Waals surface area (Å²) in [5, 5.41) is 14.0. The molecule has 126 valence electrons. The third-order valence-electron chi connectivity index (χ3n) is 2.94. The van der Waals surface area contributed by atoms with Crippen LogP contribution in [0.2, 0.25) is 4.34 Å². The Morgan fingerprint density at radius 3 is 3.04 bits per heavy atom. The van der Waals surface area contributed by atoms with E-state index in [1.807, 2.05) is 12.3 Å². The van der Waals surface area contributed by atoms with Gasteiger partial charge in [0.1, 0.15) is 4.34 Å². The Hall–Kier alpha value is -2.07. The van der Waals surface area contributed by atoms with Crippen molar-refractivity contribution >= 4 is 40.7 Å². The molecule has 0 radical (unpaired) electrons. The zero-order chi connectivity index (χ0) is 16.8. The highest BCUT2D eigenvalue weighted by molar-refractivity contribution is 7.15. The fraction of sp³-hybridized carbons (Fsp3) is 0.500. The van der Waals surface area contributed by atoms with Gasteiger partial charge in [0.25, 0.3) is 5.09 Å². The first-order valence-electron chi connectivity index (χ1n) is 6.75. The minimum atomic E-state index is -0.885. The predicted molar refractivity (Wildman–Crippen MR) is 85.6 cm³/mol. The van der Waals surface area contributed by atoms with Gasteiger partial charge in [-0.1, -0.05) is 11.6 Å². The lowest BCUT2D eigenvalue weighted by atomic mass is 10.3. The average Bonchev–Trinajstić information content (AvgIpc) is 3.08. The molecule has 0 unspecified atom stereocenters. The molecule has 2 rings (SSSR count). The lowest BCUT2D eigenvalue weighted by Crippen LogP contribution is -2.39. The van der Waals surface area contributed by atoms with Crippen molar-refractivity contribution in [2.75, 3.05) is 31.6 Å². The van der Waals surface area contributed by atoms with E-state index in [0.29, 0.717) is 23.4 Å². The van der Waals surface area contributed by atoms with Crippen LogP contribution in [0.1, 0.15) is 12.0 Å². The summed E-state index contributed by atoms with van der Waals surface area (Å²) >= 11 is 7.48. The SMILES string of the molecule is Cc1csc(Cl)c1NC1=NCCN1C(=O)OCCCO[N+](=O)[O-]. The zero-order valence-electron chi connectivity index (χ0n) is 12.3. The Morgan fingerprint density at radius 1 is 1.61 bits per heavy atom. The minimum absolute atomic E-state index is 0.0225. The molecule has 0 fully saturated rings. The van der Waals surface area contributed by atoms with E-state index in [0.717, 1.165) is 11.3 Å². The van der Waals surface area contributed by atoms with Crippen LogP contribution in [0.4, 0.5) is 10.5 Å². The van der Waals surface area contributed by atoms with E-state index in [2.05, 4.69) is 15.1 Å². The van der Waals surface area contributed by atoms with Crippen molar-refractivity contribution < 1.29 is 19.5 Å². The fourth-order valence-electron chi connectivity index (χ4n) is 1.84. The van der Waals surface area contributed by atoms with Crippen molar-refractivity contribution in [3.63, 3.8) is 0 Å². The second-order valence-corrected chi connectivity index (χ2v) is 6.06. The number of nitrogens with zero attached hydrogens (tertiary/aromatic N) is 3. The summed E-state index contributed by atoms with van der Waals surface area (Å²) in [7, 11) is 0. The number of rotatable bonds is 6. The first kappa shape index (κ1) is 17.3. The molecule has 0 bridgehead atoms. The molecule has 1 aromatic heterocycles. The van der Waals surface area contributed by atoms with Crippen molar-refractivity contribution in [1.82, 2.24) is 4.90 Å². The van der Waals surface area contributed by atoms with E-state index >= 15 is 0 Å². The maximum Gasteiger partial charge on any atom is 0.416 e. The first-order valence-corrected chi connectivity index (χ1v) is 8.01. The lowest BCUT2D eigenvalue weighted by Gasteiger charge is -2.19. The Kier molecular flexibility index (Phi) is 5.99. The van der Waals surface area contributed by atoms with Crippen LogP contribution >= 0.6 is 22.9 Å². The summed E-state index contributed by atoms with van der Waals surface area (Å²) in [6.45, 7) is 2.66. The molecule has 1 aliphatic heterocycles. The van der Waals surface area contributed by atoms with Gasteiger partial charge in [-0.15, -0.1) is 21.5 Å². The molecular weight excluding hydrogens is 348 g/mol. The third-order valence-corrected chi connectivity index (χ3v) is 4.28. The number of thiophene rings is 1. The number of ether oxygens (including phenoxy) is 1. The average molecular weight is 363 g/mol. The molecule has 1 N–H and O–H groups in total. The summed E-state index contributed by atoms with van der Waals surface area (Å²) in [6, 6.07) is 0. The number of hydrogen-bond acceptors (Lipinski definition) is 8. The van der Waals surface area contributed by atoms with Crippen molar-refractivity contribution in [2.24, 2.45) is 4.99 Å². The third kappa shape index (κ3) is 4.70. The topological polar surface area (TPSA) is 106 Å². The monoisotopic (exact) mass is 362 g/mol. The number of aryl methyl sites for hydroxylation is 1. The molecule has 1 amide bonds. The van der Waals surface area contributed by atoms with Gasteiger partial charge >= 0.3 is 6.09 Å². The maximum atomic E-state index is 12.0. The molecule has 1 aliphatic rings. The number of hydrogen-bond donors (Lipinski definition) is 1. The number of anilines is 1. The largest absolute Gasteiger partial charge is 0.449 e. The van der Waals surface area contributed by atoms with Gasteiger partial charge in [0.2, 0.25) is 5.96 Å². The Bertz CT molecular complexity index is 601. The van der Waals surface area contributed by atoms with Crippen LogP contribution in [-0.2, 0) is 9.57 Å². The number of halogens is 1. The van der Waals surface area contributed by atoms with Crippen molar-refractivity contribution in [3.05, 3.63) is 25.4 Å². The predicted octanol–water partition coefficient (Wildman–Crippen LogP) is 2.53. The van der Waals surface area contributed by atoms with Gasteiger partial charge in [0.05, 0.1) is 32.0 Å². The number of guanidine groups is 1. The summed E-state index contributed by atoms with van der Waals surface area (Å²) in [4.78, 5) is 31.7. The summed E-state index contributed by atoms with van der Waals surface area (Å²) in [5.74, 6) is 0.375. The van der Waals surface area contributed by atoms with Crippen LogP contribution in [0, 0.1) is 17.0 Å². The Morgan fingerprint density at radius 2 is 2.39 bits per heavy atom. The smallest absolute Gasteiger partial charge is 0.416 e. The Balaban J connectivity index is 1.83. The summed E-state index contributed by atoms with van der Waals surface area (Å²) in [5.41, 5.74) is 1.68. The van der Waals surface area contributed by atoms with Crippen LogP contribution in [0.15, 0.2) is 10.4 Å². The standard InChI is InChI=1S/C12H15ClN4O5S/c1-8-7-23-10(13)9(8)15-11-14-3-4-16(11)12(18)21-5-2-6-22-17(19)20/h7H,2-6H2,1H3,(H,14,15). The van der Waals surface area contributed by atoms with Crippen molar-refractivity contribution in [2.45, 2.75) is 13.3 Å². The normalized spacial score (nSPS) is 13.7. The number of carbonyl (C=O) groups excluding carboxylic acids is 1. The molecular formula is C12H15ClN4O5S. The molecule has 0 atom stereocenters. The lowest BCUT2D eigenvalue weighted by molar-refractivity contribution is -0.757. The highest BCUT2D eigenvalue weighted by Gasteiger charge is 2.26. The van der Waals surface area contributed by atoms with Gasteiger partial charge in [-0.3, -0.25) is 4.99 Å². The highest BCUT2D eigenvalue weighted by Crippen LogP contribution is 2.32. The molecule has 0 aliphatic carbocycles. The van der Waals surface area contributed by atoms with Gasteiger partial charge in [-0.2, -0.15) is 0 Å². The molecule has 0 saturated carbocycles. The minimum Gasteiger partial charge on any atom is -0.449 e. The van der Waals surface area contributed by atoms with Crippen molar-refractivity contribution in [3.8, 4) is 0 Å². The second kappa shape index (κ2) is 7.97. The molecule has 0 aromatic carbocycles. The van der Waals surface area contributed by atoms with Crippen LogP contribution in [0.25, 0.3) is 0 Å². The number of aliphatic imine (C=N–C) groups is 1. The van der Waals surface area contributed by atoms with Gasteiger partial charge in [-0.05, 0) is 17.9 Å². The van der Waals surface area contributed by atoms with E-state index in [4.69, 9.17) is 16.3 Å². The van der Waals surface area contributed by atoms with Crippen LogP contribution < -0.4 is 5.32 Å². The molecule has 23 heavy (non-hydrogen) atoms. The zero-order valence-corrected chi connectivity index (χ0v) is 13.9. The molecule has 11 heteroatoms. The van der Waals surface area contributed by atoms with Crippen molar-refractivity contribution in [1.29, 1.82) is 0 Å². The first-order chi connectivity index (χ1) is 11.0. The van der Waals surface area contributed by atoms with Gasteiger partial charge in [0, 0.05) is 6.42 Å². The number of amides is 1. The van der Waals surface area contributed by atoms with Crippen LogP contribution in [-0.4, -0.2) is 48.3 Å². The maximum absolute atomic E-state index is 12.0. The summed E-state index contributed by atoms with van der Waals surface area (Å²) < 4.78 is 5.64. The molecule has 2 heterocycles. The Labute approximate surface area is 140 Å². The number of nitrogens with one attached hydrogen (secondary N) is 1. The van der Waals surface area contributed by atoms with E-state index in [-0.39, 0.29) is 19.6 Å². The molecule has 1 aromatic rings. The quantitative estimate of drug-likeness (QED) is 0.473. The van der Waals surface area contributed by atoms with Gasteiger partial charge < -0.3 is 14.9 Å². The van der Waals surface area contributed by atoms with Gasteiger partial charge in [-0.25, -0.2) is 9.69 Å². The number of carbonyl (C=O) groups is 1. The van der Waals surface area contributed by atoms with E-state index in [9.17, 15) is 14.9 Å². The van der Waals surface area contributed by atoms with E-state index in [1.54, 1.807) is 0 Å². The highest BCUT2D eigenvalue weighted by atomic mass is 35.5. The molecule has 9 nitrogen and oxygen atoms in total. The molecule has 0 saturated heterocycles. The van der Waals surface area contributed by atoms with E-state index in [1.165, 1.54) is 16.2 Å². The second-order valence-electron chi connectivity index (χ2n) is 4.57. The van der Waals surface area contributed by atoms with Crippen LogP contribution in [0.5, 0.6) is 0 Å². The molecule has 0 spiro atoms. The van der Waals surface area contributed by atoms with Gasteiger partial charge in [0.15, 0.2) is 0 Å². The summed E-state index contributed by atoms with van der Waals surface area (Å²) in [6.07, 6.45) is -0.338. The van der Waals surface area contributed by atoms with Crippen LogP contribution in [0.3, 0.4) is 0 Å².